The van der Waals surface area contributed by atoms with Crippen LogP contribution in [0.1, 0.15) is 12.0 Å². The minimum absolute atomic E-state index is 0.0586. The lowest BCUT2D eigenvalue weighted by atomic mass is 10.1. The number of benzene rings is 1. The van der Waals surface area contributed by atoms with Crippen LogP contribution in [0.15, 0.2) is 35.1 Å². The highest BCUT2D eigenvalue weighted by Crippen LogP contribution is 2.49. The predicted molar refractivity (Wildman–Crippen MR) is 91.6 cm³/mol. The molecule has 1 aromatic carbocycles. The molecule has 0 saturated heterocycles. The van der Waals surface area contributed by atoms with Crippen molar-refractivity contribution in [1.82, 2.24) is 9.55 Å². The third-order valence-electron chi connectivity index (χ3n) is 4.88. The number of halogens is 2. The lowest BCUT2D eigenvalue weighted by Crippen LogP contribution is -2.15. The topological polar surface area (TPSA) is 44.1 Å². The Morgan fingerprint density at radius 1 is 1.32 bits per heavy atom. The van der Waals surface area contributed by atoms with Gasteiger partial charge in [0.25, 0.3) is 5.92 Å². The van der Waals surface area contributed by atoms with Gasteiger partial charge in [-0.2, -0.15) is 0 Å². The summed E-state index contributed by atoms with van der Waals surface area (Å²) in [6.45, 7) is 0.755. The van der Waals surface area contributed by atoms with E-state index in [1.54, 1.807) is 6.07 Å². The second-order valence-corrected chi connectivity index (χ2v) is 7.52. The molecule has 0 spiro atoms. The quantitative estimate of drug-likeness (QED) is 0.715. The fourth-order valence-electron chi connectivity index (χ4n) is 3.32. The first kappa shape index (κ1) is 15.0. The average Bonchev–Trinajstić information content (AvgIpc) is 2.93. The summed E-state index contributed by atoms with van der Waals surface area (Å²) < 4.78 is 33.3. The maximum absolute atomic E-state index is 13.2. The lowest BCUT2D eigenvalue weighted by Gasteiger charge is -2.05. The summed E-state index contributed by atoms with van der Waals surface area (Å²) in [5.74, 6) is -2.46. The number of aromatic nitrogens is 2. The van der Waals surface area contributed by atoms with Crippen molar-refractivity contribution in [3.63, 3.8) is 0 Å². The number of rotatable bonds is 3. The zero-order chi connectivity index (χ0) is 17.2. The van der Waals surface area contributed by atoms with Crippen molar-refractivity contribution in [3.05, 3.63) is 45.6 Å². The number of ether oxygens (including phenoxy) is 1. The largest absolute Gasteiger partial charge is 0.493 e. The normalized spacial score (nSPS) is 20.5. The van der Waals surface area contributed by atoms with E-state index in [1.165, 1.54) is 4.57 Å². The highest BCUT2D eigenvalue weighted by molar-refractivity contribution is 7.16. The molecule has 3 aromatic rings. The van der Waals surface area contributed by atoms with Crippen LogP contribution in [0.5, 0.6) is 5.75 Å². The fourth-order valence-corrected chi connectivity index (χ4v) is 4.19. The summed E-state index contributed by atoms with van der Waals surface area (Å²) in [6, 6.07) is 9.59. The van der Waals surface area contributed by atoms with Gasteiger partial charge in [0.2, 0.25) is 0 Å². The molecule has 1 saturated carbocycles. The maximum Gasteiger partial charge on any atom is 0.309 e. The Bertz CT molecular complexity index is 1060. The Balaban J connectivity index is 1.53. The van der Waals surface area contributed by atoms with Crippen LogP contribution in [0.3, 0.4) is 0 Å². The minimum atomic E-state index is -2.63. The zero-order valence-corrected chi connectivity index (χ0v) is 14.0. The van der Waals surface area contributed by atoms with Gasteiger partial charge in [-0.05, 0) is 35.9 Å². The summed E-state index contributed by atoms with van der Waals surface area (Å²) in [5, 5.41) is 0. The first-order valence-electron chi connectivity index (χ1n) is 8.15. The molecule has 25 heavy (non-hydrogen) atoms. The van der Waals surface area contributed by atoms with E-state index in [4.69, 9.17) is 4.74 Å². The number of alkyl halides is 2. The molecule has 1 unspecified atom stereocenters. The SMILES string of the molecule is O=c1sc2nc(-c3ccc4c(c3)CCO4)ccc2n1CC1CC1(F)F. The summed E-state index contributed by atoms with van der Waals surface area (Å²) in [7, 11) is 0. The number of hydrogen-bond donors (Lipinski definition) is 0. The van der Waals surface area contributed by atoms with E-state index in [9.17, 15) is 13.6 Å². The minimum Gasteiger partial charge on any atom is -0.493 e. The van der Waals surface area contributed by atoms with Gasteiger partial charge in [0.1, 0.15) is 10.6 Å². The van der Waals surface area contributed by atoms with Crippen molar-refractivity contribution < 1.29 is 13.5 Å². The van der Waals surface area contributed by atoms with Gasteiger partial charge < -0.3 is 4.74 Å². The van der Waals surface area contributed by atoms with E-state index in [0.717, 1.165) is 40.3 Å². The highest BCUT2D eigenvalue weighted by Gasteiger charge is 2.56. The Morgan fingerprint density at radius 3 is 2.96 bits per heavy atom. The van der Waals surface area contributed by atoms with E-state index in [1.807, 2.05) is 18.2 Å². The number of hydrogen-bond acceptors (Lipinski definition) is 4. The van der Waals surface area contributed by atoms with Crippen LogP contribution >= 0.6 is 11.3 Å². The van der Waals surface area contributed by atoms with Gasteiger partial charge in [0, 0.05) is 30.9 Å². The van der Waals surface area contributed by atoms with Crippen LogP contribution in [-0.4, -0.2) is 22.1 Å². The van der Waals surface area contributed by atoms with Crippen molar-refractivity contribution in [1.29, 1.82) is 0 Å². The molecule has 4 nitrogen and oxygen atoms in total. The second kappa shape index (κ2) is 5.11. The van der Waals surface area contributed by atoms with Crippen LogP contribution in [0.4, 0.5) is 8.78 Å². The number of fused-ring (bicyclic) bond motifs is 2. The van der Waals surface area contributed by atoms with Crippen LogP contribution in [-0.2, 0) is 13.0 Å². The van der Waals surface area contributed by atoms with Crippen molar-refractivity contribution in [3.8, 4) is 17.0 Å². The first-order valence-corrected chi connectivity index (χ1v) is 8.97. The predicted octanol–water partition coefficient (Wildman–Crippen LogP) is 3.72. The molecule has 0 radical (unpaired) electrons. The summed E-state index contributed by atoms with van der Waals surface area (Å²) in [4.78, 5) is 17.1. The van der Waals surface area contributed by atoms with Crippen molar-refractivity contribution >= 4 is 21.7 Å². The van der Waals surface area contributed by atoms with Gasteiger partial charge in [-0.3, -0.25) is 9.36 Å². The molecule has 2 aromatic heterocycles. The van der Waals surface area contributed by atoms with Gasteiger partial charge in [0.15, 0.2) is 0 Å². The van der Waals surface area contributed by atoms with Gasteiger partial charge in [0.05, 0.1) is 17.8 Å². The maximum atomic E-state index is 13.2. The second-order valence-electron chi connectivity index (χ2n) is 6.58. The van der Waals surface area contributed by atoms with Gasteiger partial charge in [-0.1, -0.05) is 11.3 Å². The molecule has 0 N–H and O–H groups in total. The van der Waals surface area contributed by atoms with E-state index in [-0.39, 0.29) is 17.8 Å². The van der Waals surface area contributed by atoms with Crippen LogP contribution < -0.4 is 9.61 Å². The molecule has 1 atom stereocenters. The van der Waals surface area contributed by atoms with E-state index in [2.05, 4.69) is 11.1 Å². The monoisotopic (exact) mass is 360 g/mol. The lowest BCUT2D eigenvalue weighted by molar-refractivity contribution is 0.0953. The van der Waals surface area contributed by atoms with Crippen LogP contribution in [0, 0.1) is 5.92 Å². The molecular formula is C18H14F2N2O2S. The molecule has 0 bridgehead atoms. The molecule has 2 aliphatic rings. The van der Waals surface area contributed by atoms with E-state index in [0.29, 0.717) is 17.0 Å². The van der Waals surface area contributed by atoms with Crippen LogP contribution in [0.25, 0.3) is 21.6 Å². The summed E-state index contributed by atoms with van der Waals surface area (Å²) in [6.07, 6.45) is 0.740. The summed E-state index contributed by atoms with van der Waals surface area (Å²) >= 11 is 1.01. The van der Waals surface area contributed by atoms with Crippen molar-refractivity contribution in [2.75, 3.05) is 6.61 Å². The molecule has 1 fully saturated rings. The molecular weight excluding hydrogens is 346 g/mol. The van der Waals surface area contributed by atoms with Gasteiger partial charge in [-0.15, -0.1) is 0 Å². The van der Waals surface area contributed by atoms with Crippen LogP contribution in [0.2, 0.25) is 0 Å². The number of pyridine rings is 1. The number of thiazole rings is 1. The van der Waals surface area contributed by atoms with E-state index < -0.39 is 11.8 Å². The molecule has 3 heterocycles. The Labute approximate surface area is 145 Å². The highest BCUT2D eigenvalue weighted by atomic mass is 32.1. The Hall–Kier alpha value is -2.28. The third-order valence-corrected chi connectivity index (χ3v) is 5.77. The molecule has 1 aliphatic heterocycles. The summed E-state index contributed by atoms with van der Waals surface area (Å²) in [5.41, 5.74) is 3.52. The molecule has 5 rings (SSSR count). The van der Waals surface area contributed by atoms with Gasteiger partial charge >= 0.3 is 4.87 Å². The van der Waals surface area contributed by atoms with Crippen molar-refractivity contribution in [2.24, 2.45) is 5.92 Å². The Morgan fingerprint density at radius 2 is 2.16 bits per heavy atom. The van der Waals surface area contributed by atoms with E-state index >= 15 is 0 Å². The molecule has 0 amide bonds. The first-order chi connectivity index (χ1) is 12.0. The fraction of sp³-hybridized carbons (Fsp3) is 0.333. The average molecular weight is 360 g/mol. The van der Waals surface area contributed by atoms with Gasteiger partial charge in [-0.25, -0.2) is 13.8 Å². The number of nitrogens with zero attached hydrogens (tertiary/aromatic N) is 2. The smallest absolute Gasteiger partial charge is 0.309 e. The Kier molecular flexibility index (Phi) is 3.07. The zero-order valence-electron chi connectivity index (χ0n) is 13.2. The third kappa shape index (κ3) is 2.45. The molecule has 1 aliphatic carbocycles. The molecule has 128 valence electrons. The molecule has 7 heteroatoms. The van der Waals surface area contributed by atoms with Crippen molar-refractivity contribution in [2.45, 2.75) is 25.3 Å². The standard InChI is InChI=1S/C18H14F2N2O2S/c19-18(20)8-12(18)9-22-14-3-2-13(21-16(14)25-17(22)23)10-1-4-15-11(7-10)5-6-24-15/h1-4,7,12H,5-6,8-9H2.